The molecule has 2 aliphatic carbocycles. The molecule has 10 aromatic carbocycles. The third-order valence-electron chi connectivity index (χ3n) is 14.1. The molecule has 0 radical (unpaired) electrons. The average molecular weight is 816 g/mol. The number of fused-ring (bicyclic) bond motifs is 6. The monoisotopic (exact) mass is 815 g/mol. The van der Waals surface area contributed by atoms with Gasteiger partial charge in [-0.15, -0.1) is 0 Å². The highest BCUT2D eigenvalue weighted by molar-refractivity contribution is 5.93. The highest BCUT2D eigenvalue weighted by Gasteiger charge is 2.46. The average Bonchev–Trinajstić information content (AvgIpc) is 3.82. The molecule has 64 heavy (non-hydrogen) atoms. The first-order chi connectivity index (χ1) is 31.6. The van der Waals surface area contributed by atoms with Gasteiger partial charge in [0.25, 0.3) is 0 Å². The van der Waals surface area contributed by atoms with E-state index in [2.05, 4.69) is 267 Å². The summed E-state index contributed by atoms with van der Waals surface area (Å²) < 4.78 is 0. The Hall–Kier alpha value is -8.00. The van der Waals surface area contributed by atoms with Gasteiger partial charge in [-0.1, -0.05) is 218 Å². The van der Waals surface area contributed by atoms with Gasteiger partial charge in [-0.2, -0.15) is 0 Å². The number of para-hydroxylation sites is 1. The van der Waals surface area contributed by atoms with Crippen LogP contribution < -0.4 is 4.90 Å². The maximum atomic E-state index is 2.47. The van der Waals surface area contributed by atoms with E-state index in [1.165, 1.54) is 83.5 Å². The van der Waals surface area contributed by atoms with Crippen LogP contribution in [0.5, 0.6) is 0 Å². The van der Waals surface area contributed by atoms with Gasteiger partial charge in [-0.25, -0.2) is 0 Å². The zero-order chi connectivity index (χ0) is 42.7. The van der Waals surface area contributed by atoms with Gasteiger partial charge < -0.3 is 4.90 Å². The molecule has 1 heteroatoms. The minimum atomic E-state index is -0.513. The Morgan fingerprint density at radius 1 is 0.281 bits per heavy atom. The normalized spacial score (nSPS) is 15.1. The minimum Gasteiger partial charge on any atom is -0.310 e. The maximum absolute atomic E-state index is 2.47. The van der Waals surface area contributed by atoms with E-state index in [0.717, 1.165) is 17.1 Å². The Morgan fingerprint density at radius 2 is 0.734 bits per heavy atom. The van der Waals surface area contributed by atoms with Crippen molar-refractivity contribution in [2.75, 3.05) is 4.90 Å². The van der Waals surface area contributed by atoms with Crippen LogP contribution in [-0.2, 0) is 10.8 Å². The molecule has 0 aliphatic heterocycles. The Kier molecular flexibility index (Phi) is 8.91. The number of nitrogens with zero attached hydrogens (tertiary/aromatic N) is 1. The minimum absolute atomic E-state index is 0.261. The lowest BCUT2D eigenvalue weighted by Gasteiger charge is -2.35. The van der Waals surface area contributed by atoms with Crippen LogP contribution in [0.3, 0.4) is 0 Å². The highest BCUT2D eigenvalue weighted by Crippen LogP contribution is 2.58. The summed E-state index contributed by atoms with van der Waals surface area (Å²) in [5.41, 5.74) is 21.6. The van der Waals surface area contributed by atoms with Gasteiger partial charge in [0.1, 0.15) is 0 Å². The van der Waals surface area contributed by atoms with E-state index < -0.39 is 5.41 Å². The first kappa shape index (κ1) is 37.7. The van der Waals surface area contributed by atoms with Crippen LogP contribution in [0.1, 0.15) is 45.9 Å². The summed E-state index contributed by atoms with van der Waals surface area (Å²) in [5, 5.41) is 0. The second-order valence-corrected chi connectivity index (χ2v) is 17.3. The molecule has 0 saturated heterocycles. The molecule has 302 valence electrons. The maximum Gasteiger partial charge on any atom is 0.0714 e. The highest BCUT2D eigenvalue weighted by atomic mass is 15.1. The lowest BCUT2D eigenvalue weighted by molar-refractivity contribution is 0.714. The van der Waals surface area contributed by atoms with Crippen LogP contribution in [-0.4, -0.2) is 0 Å². The van der Waals surface area contributed by atoms with Crippen molar-refractivity contribution < 1.29 is 0 Å². The fraction of sp³-hybridized carbons (Fsp3) is 0.0476. The predicted molar refractivity (Wildman–Crippen MR) is 267 cm³/mol. The second-order valence-electron chi connectivity index (χ2n) is 17.3. The molecule has 0 aromatic heterocycles. The van der Waals surface area contributed by atoms with Gasteiger partial charge in [0.05, 0.1) is 11.1 Å². The topological polar surface area (TPSA) is 3.24 Å². The Balaban J connectivity index is 1.04. The largest absolute Gasteiger partial charge is 0.310 e. The summed E-state index contributed by atoms with van der Waals surface area (Å²) in [6.07, 6.45) is 0. The Labute approximate surface area is 376 Å². The van der Waals surface area contributed by atoms with Crippen LogP contribution in [0.25, 0.3) is 44.5 Å². The molecule has 12 rings (SSSR count). The van der Waals surface area contributed by atoms with Crippen molar-refractivity contribution in [1.29, 1.82) is 0 Å². The molecule has 0 amide bonds. The lowest BCUT2D eigenvalue weighted by Crippen LogP contribution is -2.28. The van der Waals surface area contributed by atoms with Crippen LogP contribution in [0.15, 0.2) is 255 Å². The molecule has 1 nitrogen and oxygen atoms in total. The molecule has 0 bridgehead atoms. The van der Waals surface area contributed by atoms with E-state index in [9.17, 15) is 0 Å². The molecular weight excluding hydrogens is 771 g/mol. The van der Waals surface area contributed by atoms with Gasteiger partial charge in [0.2, 0.25) is 0 Å². The lowest BCUT2D eigenvalue weighted by atomic mass is 9.67. The van der Waals surface area contributed by atoms with Gasteiger partial charge in [-0.3, -0.25) is 0 Å². The predicted octanol–water partition coefficient (Wildman–Crippen LogP) is 16.2. The molecule has 0 heterocycles. The first-order valence-electron chi connectivity index (χ1n) is 22.3. The summed E-state index contributed by atoms with van der Waals surface area (Å²) in [5.74, 6) is 0. The number of anilines is 3. The van der Waals surface area contributed by atoms with E-state index in [1.54, 1.807) is 0 Å². The number of hydrogen-bond donors (Lipinski definition) is 0. The molecule has 1 atom stereocenters. The van der Waals surface area contributed by atoms with Crippen LogP contribution >= 0.6 is 0 Å². The van der Waals surface area contributed by atoms with Crippen LogP contribution in [0.4, 0.5) is 17.1 Å². The van der Waals surface area contributed by atoms with E-state index in [0.29, 0.717) is 0 Å². The summed E-state index contributed by atoms with van der Waals surface area (Å²) in [7, 11) is 0. The van der Waals surface area contributed by atoms with Crippen molar-refractivity contribution in [3.05, 3.63) is 294 Å². The van der Waals surface area contributed by atoms with Gasteiger partial charge in [0.15, 0.2) is 0 Å². The summed E-state index contributed by atoms with van der Waals surface area (Å²) in [6.45, 7) is 2.39. The Morgan fingerprint density at radius 3 is 1.39 bits per heavy atom. The fourth-order valence-corrected chi connectivity index (χ4v) is 11.1. The smallest absolute Gasteiger partial charge is 0.0714 e. The van der Waals surface area contributed by atoms with Crippen molar-refractivity contribution in [2.24, 2.45) is 0 Å². The summed E-state index contributed by atoms with van der Waals surface area (Å²) in [6, 6.07) is 94.1. The zero-order valence-corrected chi connectivity index (χ0v) is 35.7. The van der Waals surface area contributed by atoms with E-state index in [4.69, 9.17) is 0 Å². The van der Waals surface area contributed by atoms with Crippen molar-refractivity contribution in [3.63, 3.8) is 0 Å². The molecule has 0 spiro atoms. The third kappa shape index (κ3) is 5.71. The van der Waals surface area contributed by atoms with Crippen LogP contribution in [0.2, 0.25) is 0 Å². The Bertz CT molecular complexity index is 3280. The molecule has 0 saturated carbocycles. The first-order valence-corrected chi connectivity index (χ1v) is 22.3. The second kappa shape index (κ2) is 15.1. The van der Waals surface area contributed by atoms with E-state index in [-0.39, 0.29) is 5.41 Å². The quantitative estimate of drug-likeness (QED) is 0.148. The van der Waals surface area contributed by atoms with E-state index >= 15 is 0 Å². The van der Waals surface area contributed by atoms with Crippen molar-refractivity contribution >= 4 is 17.1 Å². The molecule has 10 aromatic rings. The van der Waals surface area contributed by atoms with Crippen molar-refractivity contribution in [3.8, 4) is 44.5 Å². The standard InChI is InChI=1S/C63H45N/c1-62(47-22-8-3-9-23-47)57-31-17-14-29-53(57)55-40-36-46(42-59(55)62)44-34-37-50(38-35-44)64(61-33-19-16-28-52(61)45-20-6-2-7-21-45)51-39-41-56-54-30-15-18-32-58(54)63(60(56)43-51,48-24-10-4-11-25-48)49-26-12-5-13-27-49/h2-43H,1H3. The number of rotatable bonds is 8. The third-order valence-corrected chi connectivity index (χ3v) is 14.1. The van der Waals surface area contributed by atoms with Crippen LogP contribution in [0, 0.1) is 0 Å². The SMILES string of the molecule is CC1(c2ccccc2)c2ccccc2-c2ccc(-c3ccc(N(c4ccc5c(c4)C(c4ccccc4)(c4ccccc4)c4ccccc4-5)c4ccccc4-c4ccccc4)cc3)cc21. The van der Waals surface area contributed by atoms with Gasteiger partial charge in [0, 0.05) is 22.4 Å². The summed E-state index contributed by atoms with van der Waals surface area (Å²) >= 11 is 0. The van der Waals surface area contributed by atoms with Gasteiger partial charge in [-0.05, 0) is 121 Å². The van der Waals surface area contributed by atoms with E-state index in [1.807, 2.05) is 0 Å². The molecule has 2 aliphatic rings. The number of hydrogen-bond acceptors (Lipinski definition) is 1. The van der Waals surface area contributed by atoms with Crippen molar-refractivity contribution in [1.82, 2.24) is 0 Å². The summed E-state index contributed by atoms with van der Waals surface area (Å²) in [4.78, 5) is 2.46. The molecule has 0 N–H and O–H groups in total. The van der Waals surface area contributed by atoms with Gasteiger partial charge >= 0.3 is 0 Å². The fourth-order valence-electron chi connectivity index (χ4n) is 11.1. The zero-order valence-electron chi connectivity index (χ0n) is 35.7. The number of benzene rings is 10. The molecular formula is C63H45N. The van der Waals surface area contributed by atoms with Crippen molar-refractivity contribution in [2.45, 2.75) is 17.8 Å². The molecule has 0 fully saturated rings. The molecule has 1 unspecified atom stereocenters.